The Labute approximate surface area is 347 Å². The second kappa shape index (κ2) is 18.8. The molecule has 3 fully saturated rings. The van der Waals surface area contributed by atoms with Gasteiger partial charge in [0.15, 0.2) is 0 Å². The minimum absolute atomic E-state index is 0.112. The third kappa shape index (κ3) is 11.5. The van der Waals surface area contributed by atoms with Gasteiger partial charge in [0, 0.05) is 39.0 Å². The molecule has 2 aromatic rings. The van der Waals surface area contributed by atoms with Crippen LogP contribution in [0.5, 0.6) is 5.75 Å². The second-order valence-electron chi connectivity index (χ2n) is 15.7. The van der Waals surface area contributed by atoms with Crippen LogP contribution < -0.4 is 20.7 Å². The lowest BCUT2D eigenvalue weighted by Crippen LogP contribution is -2.62. The van der Waals surface area contributed by atoms with Gasteiger partial charge in [-0.25, -0.2) is 13.6 Å². The van der Waals surface area contributed by atoms with E-state index in [1.807, 2.05) is 0 Å². The van der Waals surface area contributed by atoms with Crippen LogP contribution in [0.4, 0.5) is 22.0 Å². The topological polar surface area (TPSA) is 204 Å². The first-order chi connectivity index (χ1) is 28.5. The Morgan fingerprint density at radius 1 is 0.885 bits per heavy atom. The molecular formula is C40H47F5N6O10. The Morgan fingerprint density at radius 3 is 2.13 bits per heavy atom. The first-order valence-corrected chi connectivity index (χ1v) is 19.5. The molecule has 16 nitrogen and oxygen atoms in total. The van der Waals surface area contributed by atoms with E-state index in [0.717, 1.165) is 34.1 Å². The molecule has 3 aliphatic rings. The fraction of sp³-hybridized carbons (Fsp3) is 0.525. The van der Waals surface area contributed by atoms with Crippen LogP contribution in [0.2, 0.25) is 0 Å². The number of carbonyl (C=O) groups excluding carboxylic acids is 7. The first kappa shape index (κ1) is 46.2. The van der Waals surface area contributed by atoms with Crippen molar-refractivity contribution in [1.82, 2.24) is 30.7 Å². The number of nitrogens with zero attached hydrogens (tertiary/aromatic N) is 3. The Hall–Kier alpha value is -5.86. The van der Waals surface area contributed by atoms with Crippen molar-refractivity contribution in [3.63, 3.8) is 0 Å². The molecule has 0 aliphatic carbocycles. The van der Waals surface area contributed by atoms with Crippen molar-refractivity contribution < 1.29 is 70.1 Å². The van der Waals surface area contributed by atoms with Crippen LogP contribution in [0, 0.1) is 17.6 Å². The number of halogens is 5. The van der Waals surface area contributed by atoms with Crippen LogP contribution in [0.15, 0.2) is 42.5 Å². The summed E-state index contributed by atoms with van der Waals surface area (Å²) in [5.74, 6) is -8.91. The maximum atomic E-state index is 14.6. The second-order valence-corrected chi connectivity index (χ2v) is 15.7. The lowest BCUT2D eigenvalue weighted by atomic mass is 10.0. The number of cyclic esters (lactones) is 1. The lowest BCUT2D eigenvalue weighted by molar-refractivity contribution is -0.274. The summed E-state index contributed by atoms with van der Waals surface area (Å²) >= 11 is 0. The smallest absolute Gasteiger partial charge is 0.458 e. The number of aliphatic hydroxyl groups is 1. The van der Waals surface area contributed by atoms with E-state index in [9.17, 15) is 60.6 Å². The predicted octanol–water partition coefficient (Wildman–Crippen LogP) is 1.11. The molecule has 6 amide bonds. The Morgan fingerprint density at radius 2 is 1.51 bits per heavy atom. The third-order valence-electron chi connectivity index (χ3n) is 10.8. The molecule has 3 aliphatic heterocycles. The summed E-state index contributed by atoms with van der Waals surface area (Å²) in [6, 6.07) is -1.80. The van der Waals surface area contributed by atoms with Gasteiger partial charge in [0.05, 0.1) is 12.5 Å². The molecule has 21 heteroatoms. The van der Waals surface area contributed by atoms with Gasteiger partial charge in [0.2, 0.25) is 35.4 Å². The standard InChI is InChI=1S/C40H47F5N6O10/c1-19-10-31-39(59)60-22(4)33(38(58)51-18-27(52)16-30(51)37(57)49(5)21(3)34(54)46-20(2)36(56)50(31)17-19)48-35(55)29(13-24-11-25(41)15-26(42)12-24)47-32(53)14-23-6-8-28(9-7-23)61-40(43,44)45/h6-9,11-12,15,19-22,27,29-31,33,52H,10,13-14,16-18H2,1-5H3,(H,46,54)(H,47,53)(H,48,55)/t19-,20-,21-,22-,27+,29-,30?,31?,33-/m0/s1. The molecule has 0 saturated carbocycles. The van der Waals surface area contributed by atoms with E-state index in [-0.39, 0.29) is 36.4 Å². The van der Waals surface area contributed by atoms with E-state index in [4.69, 9.17) is 4.74 Å². The molecule has 0 aromatic heterocycles. The fourth-order valence-corrected chi connectivity index (χ4v) is 7.61. The summed E-state index contributed by atoms with van der Waals surface area (Å²) in [6.45, 7) is 5.54. The number of aliphatic hydroxyl groups excluding tert-OH is 1. The van der Waals surface area contributed by atoms with Crippen LogP contribution in [-0.4, -0.2) is 136 Å². The molecule has 9 atom stereocenters. The molecule has 332 valence electrons. The van der Waals surface area contributed by atoms with Gasteiger partial charge in [-0.2, -0.15) is 0 Å². The number of rotatable bonds is 8. The molecule has 2 unspecified atom stereocenters. The van der Waals surface area contributed by atoms with E-state index < -0.39 is 133 Å². The Balaban J connectivity index is 1.49. The molecule has 3 saturated heterocycles. The Kier molecular flexibility index (Phi) is 14.3. The number of hydrogen-bond acceptors (Lipinski definition) is 10. The maximum Gasteiger partial charge on any atom is 0.573 e. The minimum atomic E-state index is -4.97. The number of benzene rings is 2. The maximum absolute atomic E-state index is 14.6. The van der Waals surface area contributed by atoms with E-state index in [1.54, 1.807) is 6.92 Å². The molecule has 0 spiro atoms. The van der Waals surface area contributed by atoms with Crippen LogP contribution in [0.1, 0.15) is 51.7 Å². The van der Waals surface area contributed by atoms with Crippen LogP contribution in [-0.2, 0) is 51.1 Å². The van der Waals surface area contributed by atoms with Crippen molar-refractivity contribution in [3.05, 3.63) is 65.2 Å². The third-order valence-corrected chi connectivity index (χ3v) is 10.8. The largest absolute Gasteiger partial charge is 0.573 e. The van der Waals surface area contributed by atoms with Gasteiger partial charge in [0.25, 0.3) is 0 Å². The van der Waals surface area contributed by atoms with Gasteiger partial charge in [0.1, 0.15) is 59.7 Å². The molecule has 3 heterocycles. The number of amides is 6. The van der Waals surface area contributed by atoms with Gasteiger partial charge in [-0.05, 0) is 68.5 Å². The van der Waals surface area contributed by atoms with Gasteiger partial charge < -0.3 is 45.2 Å². The molecule has 0 radical (unpaired) electrons. The lowest BCUT2D eigenvalue weighted by Gasteiger charge is -2.36. The van der Waals surface area contributed by atoms with Gasteiger partial charge in [-0.15, -0.1) is 13.2 Å². The van der Waals surface area contributed by atoms with E-state index in [1.165, 1.54) is 44.9 Å². The molecule has 5 rings (SSSR count). The highest BCUT2D eigenvalue weighted by Crippen LogP contribution is 2.28. The average molecular weight is 867 g/mol. The summed E-state index contributed by atoms with van der Waals surface area (Å²) in [7, 11) is 1.30. The fourth-order valence-electron chi connectivity index (χ4n) is 7.61. The summed E-state index contributed by atoms with van der Waals surface area (Å²) in [5.41, 5.74) is 0.0682. The highest BCUT2D eigenvalue weighted by atomic mass is 19.4. The monoisotopic (exact) mass is 866 g/mol. The number of carbonyl (C=O) groups is 7. The molecule has 61 heavy (non-hydrogen) atoms. The SMILES string of the molecule is C[C@H]1CC2C(=O)O[C@@H](C)[C@H](NC(=O)[C@H](Cc3cc(F)cc(F)c3)NC(=O)Cc3ccc(OC(F)(F)F)cc3)C(=O)N3C[C@H](O)CC3C(=O)N(C)[C@@H](C)C(=O)N[C@@H](C)C(=O)N2C1. The van der Waals surface area contributed by atoms with Crippen molar-refractivity contribution in [2.45, 2.75) is 108 Å². The number of likely N-dealkylation sites (N-methyl/N-ethyl adjacent to an activating group) is 1. The van der Waals surface area contributed by atoms with Crippen LogP contribution in [0.25, 0.3) is 0 Å². The zero-order valence-corrected chi connectivity index (χ0v) is 33.8. The van der Waals surface area contributed by atoms with E-state index in [0.29, 0.717) is 6.07 Å². The highest BCUT2D eigenvalue weighted by molar-refractivity contribution is 5.98. The van der Waals surface area contributed by atoms with Crippen molar-refractivity contribution in [2.24, 2.45) is 5.92 Å². The first-order valence-electron chi connectivity index (χ1n) is 19.5. The molecule has 2 aromatic carbocycles. The van der Waals surface area contributed by atoms with Crippen LogP contribution >= 0.6 is 0 Å². The predicted molar refractivity (Wildman–Crippen MR) is 202 cm³/mol. The summed E-state index contributed by atoms with van der Waals surface area (Å²) in [4.78, 5) is 100. The summed E-state index contributed by atoms with van der Waals surface area (Å²) in [6.07, 6.45) is -8.97. The zero-order valence-electron chi connectivity index (χ0n) is 33.8. The number of hydrogen-bond donors (Lipinski definition) is 4. The van der Waals surface area contributed by atoms with Crippen LogP contribution in [0.3, 0.4) is 0 Å². The summed E-state index contributed by atoms with van der Waals surface area (Å²) in [5, 5.41) is 18.2. The molecule has 4 N–H and O–H groups in total. The number of esters is 1. The number of nitrogens with one attached hydrogen (secondary N) is 3. The molecular weight excluding hydrogens is 819 g/mol. The molecule has 0 bridgehead atoms. The zero-order chi connectivity index (χ0) is 45.1. The number of fused-ring (bicyclic) bond motifs is 2. The van der Waals surface area contributed by atoms with E-state index >= 15 is 0 Å². The quantitative estimate of drug-likeness (QED) is 0.220. The average Bonchev–Trinajstić information content (AvgIpc) is 3.76. The van der Waals surface area contributed by atoms with E-state index in [2.05, 4.69) is 20.7 Å². The summed E-state index contributed by atoms with van der Waals surface area (Å²) < 4.78 is 76.2. The number of alkyl halides is 3. The highest BCUT2D eigenvalue weighted by Gasteiger charge is 2.48. The number of ether oxygens (including phenoxy) is 2. The van der Waals surface area contributed by atoms with Crippen molar-refractivity contribution in [1.29, 1.82) is 0 Å². The van der Waals surface area contributed by atoms with Gasteiger partial charge >= 0.3 is 12.3 Å². The van der Waals surface area contributed by atoms with Gasteiger partial charge in [-0.3, -0.25) is 28.8 Å². The van der Waals surface area contributed by atoms with Gasteiger partial charge in [-0.1, -0.05) is 19.1 Å². The van der Waals surface area contributed by atoms with Crippen molar-refractivity contribution >= 4 is 41.4 Å². The Bertz CT molecular complexity index is 2000. The minimum Gasteiger partial charge on any atom is -0.458 e. The van der Waals surface area contributed by atoms with Crippen molar-refractivity contribution in [3.8, 4) is 5.75 Å². The van der Waals surface area contributed by atoms with Crippen molar-refractivity contribution in [2.75, 3.05) is 20.1 Å². The normalized spacial score (nSPS) is 27.2.